The van der Waals surface area contributed by atoms with Gasteiger partial charge in [0.05, 0.1) is 30.8 Å². The first-order valence-corrected chi connectivity index (χ1v) is 11.0. The topological polar surface area (TPSA) is 86.4 Å². The van der Waals surface area contributed by atoms with Crippen LogP contribution in [-0.2, 0) is 11.3 Å². The highest BCUT2D eigenvalue weighted by atomic mass is 16.5. The SMILES string of the molecule is O=C(NCc1nc2ccccc2[nH]1)c1cccc(N2CCC(N3CCOCC3)CC2)n1. The molecular weight excluding hydrogens is 392 g/mol. The van der Waals surface area contributed by atoms with Crippen molar-refractivity contribution >= 4 is 22.8 Å². The number of amides is 1. The van der Waals surface area contributed by atoms with Gasteiger partial charge in [0.25, 0.3) is 5.91 Å². The number of ether oxygens (including phenoxy) is 1. The second kappa shape index (κ2) is 9.03. The van der Waals surface area contributed by atoms with Crippen LogP contribution in [0.25, 0.3) is 11.0 Å². The van der Waals surface area contributed by atoms with E-state index in [4.69, 9.17) is 4.74 Å². The second-order valence-corrected chi connectivity index (χ2v) is 8.13. The molecule has 5 rings (SSSR count). The molecule has 3 aromatic rings. The fraction of sp³-hybridized carbons (Fsp3) is 0.435. The Morgan fingerprint density at radius 2 is 1.84 bits per heavy atom. The minimum absolute atomic E-state index is 0.189. The van der Waals surface area contributed by atoms with Crippen LogP contribution in [0.15, 0.2) is 42.5 Å². The van der Waals surface area contributed by atoms with Crippen molar-refractivity contribution in [1.82, 2.24) is 25.2 Å². The fourth-order valence-electron chi connectivity index (χ4n) is 4.47. The molecule has 0 atom stereocenters. The van der Waals surface area contributed by atoms with Crippen LogP contribution in [0, 0.1) is 0 Å². The van der Waals surface area contributed by atoms with E-state index >= 15 is 0 Å². The number of carbonyl (C=O) groups is 1. The number of hydrogen-bond acceptors (Lipinski definition) is 6. The van der Waals surface area contributed by atoms with Crippen LogP contribution >= 0.6 is 0 Å². The summed E-state index contributed by atoms with van der Waals surface area (Å²) in [6, 6.07) is 14.1. The van der Waals surface area contributed by atoms with Crippen molar-refractivity contribution in [3.05, 3.63) is 54.0 Å². The Morgan fingerprint density at radius 1 is 1.03 bits per heavy atom. The average molecular weight is 421 g/mol. The van der Waals surface area contributed by atoms with Gasteiger partial charge in [0.2, 0.25) is 0 Å². The maximum absolute atomic E-state index is 12.7. The number of morpholine rings is 1. The molecule has 2 aliphatic heterocycles. The summed E-state index contributed by atoms with van der Waals surface area (Å²) in [4.78, 5) is 29.9. The smallest absolute Gasteiger partial charge is 0.270 e. The first-order chi connectivity index (χ1) is 15.3. The molecule has 2 aliphatic rings. The number of pyridine rings is 1. The van der Waals surface area contributed by atoms with E-state index in [1.54, 1.807) is 6.07 Å². The summed E-state index contributed by atoms with van der Waals surface area (Å²) in [5.41, 5.74) is 2.30. The third-order valence-electron chi connectivity index (χ3n) is 6.17. The number of aromatic amines is 1. The lowest BCUT2D eigenvalue weighted by molar-refractivity contribution is 0.0115. The number of carbonyl (C=O) groups excluding carboxylic acids is 1. The molecule has 8 heteroatoms. The summed E-state index contributed by atoms with van der Waals surface area (Å²) in [5, 5.41) is 2.92. The Balaban J connectivity index is 1.18. The van der Waals surface area contributed by atoms with Gasteiger partial charge < -0.3 is 19.9 Å². The number of H-pyrrole nitrogens is 1. The predicted molar refractivity (Wildman–Crippen MR) is 119 cm³/mol. The highest BCUT2D eigenvalue weighted by Crippen LogP contribution is 2.22. The summed E-state index contributed by atoms with van der Waals surface area (Å²) in [5.74, 6) is 1.42. The van der Waals surface area contributed by atoms with Crippen LogP contribution in [0.4, 0.5) is 5.82 Å². The Hall–Kier alpha value is -2.97. The van der Waals surface area contributed by atoms with Gasteiger partial charge in [-0.3, -0.25) is 9.69 Å². The largest absolute Gasteiger partial charge is 0.379 e. The number of nitrogens with zero attached hydrogens (tertiary/aromatic N) is 4. The van der Waals surface area contributed by atoms with Gasteiger partial charge in [-0.1, -0.05) is 18.2 Å². The van der Waals surface area contributed by atoms with Gasteiger partial charge in [0, 0.05) is 32.2 Å². The molecule has 162 valence electrons. The van der Waals surface area contributed by atoms with Crippen LogP contribution in [-0.4, -0.2) is 71.2 Å². The van der Waals surface area contributed by atoms with E-state index in [0.29, 0.717) is 18.3 Å². The molecule has 2 aromatic heterocycles. The molecule has 0 saturated carbocycles. The number of imidazole rings is 1. The summed E-state index contributed by atoms with van der Waals surface area (Å²) in [7, 11) is 0. The normalized spacial score (nSPS) is 18.4. The monoisotopic (exact) mass is 420 g/mol. The van der Waals surface area contributed by atoms with E-state index in [1.165, 1.54) is 0 Å². The third-order valence-corrected chi connectivity index (χ3v) is 6.17. The Bertz CT molecular complexity index is 1000. The molecule has 1 amide bonds. The number of piperidine rings is 1. The van der Waals surface area contributed by atoms with Crippen LogP contribution in [0.5, 0.6) is 0 Å². The zero-order valence-electron chi connectivity index (χ0n) is 17.6. The maximum atomic E-state index is 12.7. The number of hydrogen-bond donors (Lipinski definition) is 2. The van der Waals surface area contributed by atoms with Crippen LogP contribution in [0.1, 0.15) is 29.2 Å². The van der Waals surface area contributed by atoms with Gasteiger partial charge >= 0.3 is 0 Å². The van der Waals surface area contributed by atoms with Crippen molar-refractivity contribution in [2.45, 2.75) is 25.4 Å². The Kier molecular flexibility index (Phi) is 5.82. The van der Waals surface area contributed by atoms with Gasteiger partial charge in [-0.2, -0.15) is 0 Å². The van der Waals surface area contributed by atoms with E-state index in [9.17, 15) is 4.79 Å². The quantitative estimate of drug-likeness (QED) is 0.658. The van der Waals surface area contributed by atoms with Crippen LogP contribution in [0.3, 0.4) is 0 Å². The fourth-order valence-corrected chi connectivity index (χ4v) is 4.47. The van der Waals surface area contributed by atoms with Crippen LogP contribution in [0.2, 0.25) is 0 Å². The van der Waals surface area contributed by atoms with E-state index < -0.39 is 0 Å². The average Bonchev–Trinajstić information content (AvgIpc) is 3.26. The molecule has 0 radical (unpaired) electrons. The number of para-hydroxylation sites is 2. The number of rotatable bonds is 5. The summed E-state index contributed by atoms with van der Waals surface area (Å²) < 4.78 is 5.47. The predicted octanol–water partition coefficient (Wildman–Crippen LogP) is 2.19. The highest BCUT2D eigenvalue weighted by molar-refractivity contribution is 5.92. The Morgan fingerprint density at radius 3 is 2.65 bits per heavy atom. The van der Waals surface area contributed by atoms with Crippen LogP contribution < -0.4 is 10.2 Å². The third kappa shape index (κ3) is 4.55. The molecule has 8 nitrogen and oxygen atoms in total. The minimum atomic E-state index is -0.189. The van der Waals surface area contributed by atoms with Crippen molar-refractivity contribution in [1.29, 1.82) is 0 Å². The molecule has 0 bridgehead atoms. The zero-order chi connectivity index (χ0) is 21.0. The molecule has 0 spiro atoms. The van der Waals surface area contributed by atoms with E-state index in [1.807, 2.05) is 36.4 Å². The number of fused-ring (bicyclic) bond motifs is 1. The summed E-state index contributed by atoms with van der Waals surface area (Å²) in [6.45, 7) is 6.00. The first kappa shape index (κ1) is 20.0. The van der Waals surface area contributed by atoms with Gasteiger partial charge in [-0.05, 0) is 37.1 Å². The molecular formula is C23H28N6O2. The van der Waals surface area contributed by atoms with Crippen molar-refractivity contribution < 1.29 is 9.53 Å². The molecule has 31 heavy (non-hydrogen) atoms. The molecule has 4 heterocycles. The molecule has 2 saturated heterocycles. The number of nitrogens with one attached hydrogen (secondary N) is 2. The molecule has 0 aliphatic carbocycles. The van der Waals surface area contributed by atoms with E-state index in [2.05, 4.69) is 30.1 Å². The maximum Gasteiger partial charge on any atom is 0.270 e. The number of aromatic nitrogens is 3. The molecule has 1 aromatic carbocycles. The van der Waals surface area contributed by atoms with Crippen molar-refractivity contribution in [2.75, 3.05) is 44.3 Å². The van der Waals surface area contributed by atoms with Gasteiger partial charge in [-0.15, -0.1) is 0 Å². The lowest BCUT2D eigenvalue weighted by Gasteiger charge is -2.40. The van der Waals surface area contributed by atoms with Gasteiger partial charge in [0.15, 0.2) is 0 Å². The van der Waals surface area contributed by atoms with E-state index in [0.717, 1.165) is 74.9 Å². The first-order valence-electron chi connectivity index (χ1n) is 11.0. The van der Waals surface area contributed by atoms with Crippen molar-refractivity contribution in [3.8, 4) is 0 Å². The summed E-state index contributed by atoms with van der Waals surface area (Å²) in [6.07, 6.45) is 2.23. The zero-order valence-corrected chi connectivity index (χ0v) is 17.6. The Labute approximate surface area is 181 Å². The molecule has 0 unspecified atom stereocenters. The molecule has 2 fully saturated rings. The minimum Gasteiger partial charge on any atom is -0.379 e. The standard InChI is InChI=1S/C23H28N6O2/c30-23(24-16-21-25-18-4-1-2-5-19(18)26-21)20-6-3-7-22(27-20)29-10-8-17(9-11-29)28-12-14-31-15-13-28/h1-7,17H,8-16H2,(H,24,30)(H,25,26). The van der Waals surface area contributed by atoms with Crippen molar-refractivity contribution in [2.24, 2.45) is 0 Å². The number of anilines is 1. The van der Waals surface area contributed by atoms with E-state index in [-0.39, 0.29) is 5.91 Å². The van der Waals surface area contributed by atoms with Gasteiger partial charge in [-0.25, -0.2) is 9.97 Å². The lowest BCUT2D eigenvalue weighted by atomic mass is 10.0. The molecule has 2 N–H and O–H groups in total. The summed E-state index contributed by atoms with van der Waals surface area (Å²) >= 11 is 0. The van der Waals surface area contributed by atoms with Gasteiger partial charge in [0.1, 0.15) is 17.3 Å². The second-order valence-electron chi connectivity index (χ2n) is 8.13. The highest BCUT2D eigenvalue weighted by Gasteiger charge is 2.26. The van der Waals surface area contributed by atoms with Crippen molar-refractivity contribution in [3.63, 3.8) is 0 Å². The number of benzene rings is 1. The lowest BCUT2D eigenvalue weighted by Crippen LogP contribution is -2.49.